The molecule has 2 aliphatic heterocycles. The number of halogens is 1. The second kappa shape index (κ2) is 7.17. The van der Waals surface area contributed by atoms with Crippen molar-refractivity contribution in [1.29, 1.82) is 0 Å². The Morgan fingerprint density at radius 3 is 2.40 bits per heavy atom. The van der Waals surface area contributed by atoms with Gasteiger partial charge in [0.15, 0.2) is 0 Å². The van der Waals surface area contributed by atoms with Gasteiger partial charge in [-0.25, -0.2) is 0 Å². The van der Waals surface area contributed by atoms with E-state index in [0.29, 0.717) is 12.0 Å². The van der Waals surface area contributed by atoms with E-state index in [-0.39, 0.29) is 0 Å². The van der Waals surface area contributed by atoms with Gasteiger partial charge in [0.05, 0.1) is 0 Å². The molecule has 0 radical (unpaired) electrons. The van der Waals surface area contributed by atoms with Crippen molar-refractivity contribution in [3.63, 3.8) is 0 Å². The minimum absolute atomic E-state index is 0.539. The third-order valence-corrected chi connectivity index (χ3v) is 5.56. The van der Waals surface area contributed by atoms with Crippen LogP contribution in [0.1, 0.15) is 24.4 Å². The van der Waals surface area contributed by atoms with Gasteiger partial charge in [0.1, 0.15) is 0 Å². The van der Waals surface area contributed by atoms with Crippen molar-refractivity contribution < 1.29 is 4.74 Å². The minimum atomic E-state index is 0.539. The number of hydrogen-bond donors (Lipinski definition) is 0. The molecule has 1 aromatic carbocycles. The van der Waals surface area contributed by atoms with E-state index in [1.807, 2.05) is 12.1 Å². The summed E-state index contributed by atoms with van der Waals surface area (Å²) in [7, 11) is 0. The lowest BCUT2D eigenvalue weighted by Crippen LogP contribution is -2.41. The SMILES string of the molecule is Clc1ccc(C(C2CCOCC2)N2CCSCC2)cc1. The molecule has 3 rings (SSSR count). The molecule has 2 fully saturated rings. The quantitative estimate of drug-likeness (QED) is 0.841. The number of thioether (sulfide) groups is 1. The highest BCUT2D eigenvalue weighted by molar-refractivity contribution is 7.99. The Hall–Kier alpha value is -0.220. The van der Waals surface area contributed by atoms with Gasteiger partial charge < -0.3 is 4.74 Å². The van der Waals surface area contributed by atoms with Crippen LogP contribution in [0.5, 0.6) is 0 Å². The van der Waals surface area contributed by atoms with Gasteiger partial charge in [0, 0.05) is 48.9 Å². The Morgan fingerprint density at radius 1 is 1.10 bits per heavy atom. The molecular formula is C16H22ClNOS. The minimum Gasteiger partial charge on any atom is -0.381 e. The lowest BCUT2D eigenvalue weighted by Gasteiger charge is -2.40. The van der Waals surface area contributed by atoms with Gasteiger partial charge in [0.2, 0.25) is 0 Å². The van der Waals surface area contributed by atoms with E-state index in [0.717, 1.165) is 18.2 Å². The van der Waals surface area contributed by atoms with E-state index in [4.69, 9.17) is 16.3 Å². The van der Waals surface area contributed by atoms with Gasteiger partial charge in [-0.3, -0.25) is 4.90 Å². The summed E-state index contributed by atoms with van der Waals surface area (Å²) in [6.45, 7) is 4.24. The first kappa shape index (κ1) is 14.7. The van der Waals surface area contributed by atoms with E-state index in [9.17, 15) is 0 Å². The lowest BCUT2D eigenvalue weighted by molar-refractivity contribution is 0.0271. The molecular weight excluding hydrogens is 290 g/mol. The summed E-state index contributed by atoms with van der Waals surface area (Å²) in [5, 5.41) is 0.827. The fraction of sp³-hybridized carbons (Fsp3) is 0.625. The number of ether oxygens (including phenoxy) is 1. The fourth-order valence-corrected chi connectivity index (χ4v) is 4.39. The van der Waals surface area contributed by atoms with Crippen molar-refractivity contribution in [2.24, 2.45) is 5.92 Å². The van der Waals surface area contributed by atoms with Crippen LogP contribution in [0.3, 0.4) is 0 Å². The van der Waals surface area contributed by atoms with Crippen LogP contribution < -0.4 is 0 Å². The van der Waals surface area contributed by atoms with Crippen molar-refractivity contribution in [1.82, 2.24) is 4.90 Å². The average Bonchev–Trinajstić information content (AvgIpc) is 2.52. The second-order valence-electron chi connectivity index (χ2n) is 5.59. The zero-order chi connectivity index (χ0) is 13.8. The maximum Gasteiger partial charge on any atom is 0.0469 e. The zero-order valence-corrected chi connectivity index (χ0v) is 13.3. The standard InChI is InChI=1S/C16H22ClNOS/c17-15-3-1-13(2-4-15)16(14-5-9-19-10-6-14)18-7-11-20-12-8-18/h1-4,14,16H,5-12H2. The summed E-state index contributed by atoms with van der Waals surface area (Å²) < 4.78 is 5.55. The topological polar surface area (TPSA) is 12.5 Å². The Kier molecular flexibility index (Phi) is 5.27. The molecule has 0 saturated carbocycles. The van der Waals surface area contributed by atoms with Crippen LogP contribution in [0.25, 0.3) is 0 Å². The first-order valence-corrected chi connectivity index (χ1v) is 9.03. The van der Waals surface area contributed by atoms with E-state index in [1.54, 1.807) is 0 Å². The van der Waals surface area contributed by atoms with Crippen LogP contribution in [0.2, 0.25) is 5.02 Å². The van der Waals surface area contributed by atoms with Crippen molar-refractivity contribution in [3.8, 4) is 0 Å². The first-order valence-electron chi connectivity index (χ1n) is 7.49. The molecule has 0 aromatic heterocycles. The monoisotopic (exact) mass is 311 g/mol. The molecule has 110 valence electrons. The van der Waals surface area contributed by atoms with Gasteiger partial charge in [-0.15, -0.1) is 0 Å². The lowest BCUT2D eigenvalue weighted by atomic mass is 9.86. The largest absolute Gasteiger partial charge is 0.381 e. The normalized spacial score (nSPS) is 23.6. The molecule has 1 aromatic rings. The van der Waals surface area contributed by atoms with Gasteiger partial charge >= 0.3 is 0 Å². The smallest absolute Gasteiger partial charge is 0.0469 e. The molecule has 0 bridgehead atoms. The highest BCUT2D eigenvalue weighted by atomic mass is 35.5. The van der Waals surface area contributed by atoms with Crippen molar-refractivity contribution in [3.05, 3.63) is 34.9 Å². The van der Waals surface area contributed by atoms with E-state index < -0.39 is 0 Å². The van der Waals surface area contributed by atoms with Crippen LogP contribution in [-0.2, 0) is 4.74 Å². The van der Waals surface area contributed by atoms with Crippen molar-refractivity contribution in [2.45, 2.75) is 18.9 Å². The molecule has 1 unspecified atom stereocenters. The Morgan fingerprint density at radius 2 is 1.75 bits per heavy atom. The third-order valence-electron chi connectivity index (χ3n) is 4.36. The predicted molar refractivity (Wildman–Crippen MR) is 86.6 cm³/mol. The predicted octanol–water partition coefficient (Wildman–Crippen LogP) is 3.86. The first-order chi connectivity index (χ1) is 9.84. The van der Waals surface area contributed by atoms with Crippen LogP contribution in [-0.4, -0.2) is 42.7 Å². The average molecular weight is 312 g/mol. The summed E-state index contributed by atoms with van der Waals surface area (Å²) in [6, 6.07) is 9.02. The summed E-state index contributed by atoms with van der Waals surface area (Å²) in [5.41, 5.74) is 1.42. The van der Waals surface area contributed by atoms with Crippen molar-refractivity contribution in [2.75, 3.05) is 37.8 Å². The van der Waals surface area contributed by atoms with Crippen LogP contribution in [0.15, 0.2) is 24.3 Å². The highest BCUT2D eigenvalue weighted by Crippen LogP contribution is 2.36. The maximum atomic E-state index is 6.05. The van der Waals surface area contributed by atoms with Crippen LogP contribution >= 0.6 is 23.4 Å². The Balaban J connectivity index is 1.83. The van der Waals surface area contributed by atoms with E-state index >= 15 is 0 Å². The summed E-state index contributed by atoms with van der Waals surface area (Å²) in [5.74, 6) is 3.23. The molecule has 2 saturated heterocycles. The van der Waals surface area contributed by atoms with Gasteiger partial charge in [-0.2, -0.15) is 11.8 Å². The molecule has 4 heteroatoms. The van der Waals surface area contributed by atoms with E-state index in [1.165, 1.54) is 43.0 Å². The molecule has 0 aliphatic carbocycles. The molecule has 0 N–H and O–H groups in total. The van der Waals surface area contributed by atoms with Gasteiger partial charge in [0.25, 0.3) is 0 Å². The molecule has 1 atom stereocenters. The number of benzene rings is 1. The number of hydrogen-bond acceptors (Lipinski definition) is 3. The Labute approximate surface area is 130 Å². The number of nitrogens with zero attached hydrogens (tertiary/aromatic N) is 1. The molecule has 0 amide bonds. The number of rotatable bonds is 3. The van der Waals surface area contributed by atoms with Crippen LogP contribution in [0, 0.1) is 5.92 Å². The van der Waals surface area contributed by atoms with Gasteiger partial charge in [-0.05, 0) is 36.5 Å². The maximum absolute atomic E-state index is 6.05. The molecule has 2 heterocycles. The van der Waals surface area contributed by atoms with E-state index in [2.05, 4.69) is 28.8 Å². The fourth-order valence-electron chi connectivity index (χ4n) is 3.33. The second-order valence-corrected chi connectivity index (χ2v) is 7.26. The van der Waals surface area contributed by atoms with Gasteiger partial charge in [-0.1, -0.05) is 23.7 Å². The zero-order valence-electron chi connectivity index (χ0n) is 11.8. The molecule has 0 spiro atoms. The highest BCUT2D eigenvalue weighted by Gasteiger charge is 2.31. The van der Waals surface area contributed by atoms with Crippen molar-refractivity contribution >= 4 is 23.4 Å². The molecule has 2 nitrogen and oxygen atoms in total. The third kappa shape index (κ3) is 3.51. The molecule has 20 heavy (non-hydrogen) atoms. The van der Waals surface area contributed by atoms with Crippen LogP contribution in [0.4, 0.5) is 0 Å². The molecule has 2 aliphatic rings. The summed E-state index contributed by atoms with van der Waals surface area (Å²) >= 11 is 8.12. The summed E-state index contributed by atoms with van der Waals surface area (Å²) in [4.78, 5) is 2.68. The summed E-state index contributed by atoms with van der Waals surface area (Å²) in [6.07, 6.45) is 2.36. The Bertz CT molecular complexity index is 395.